The molecule has 1 heterocycles. The number of likely N-dealkylation sites (N-methyl/N-ethyl adjacent to an activating group) is 1. The summed E-state index contributed by atoms with van der Waals surface area (Å²) in [6.45, 7) is 3.17. The summed E-state index contributed by atoms with van der Waals surface area (Å²) >= 11 is 0. The summed E-state index contributed by atoms with van der Waals surface area (Å²) in [5.74, 6) is 0.923. The quantitative estimate of drug-likeness (QED) is 0.794. The Labute approximate surface area is 122 Å². The zero-order chi connectivity index (χ0) is 14.4. The number of hydrogen-bond acceptors (Lipinski definition) is 4. The van der Waals surface area contributed by atoms with Crippen LogP contribution in [0.3, 0.4) is 0 Å². The van der Waals surface area contributed by atoms with Crippen LogP contribution < -0.4 is 15.4 Å². The topological polar surface area (TPSA) is 36.5 Å². The molecule has 1 aromatic carbocycles. The van der Waals surface area contributed by atoms with Gasteiger partial charge in [-0.2, -0.15) is 0 Å². The number of hydrogen-bond donors (Lipinski definition) is 2. The molecule has 0 aromatic heterocycles. The molecular formula is C16H27N3O. The van der Waals surface area contributed by atoms with Crippen molar-refractivity contribution in [1.29, 1.82) is 0 Å². The molecule has 1 fully saturated rings. The summed E-state index contributed by atoms with van der Waals surface area (Å²) in [6, 6.07) is 9.35. The van der Waals surface area contributed by atoms with Crippen LogP contribution in [0, 0.1) is 0 Å². The van der Waals surface area contributed by atoms with E-state index in [-0.39, 0.29) is 0 Å². The van der Waals surface area contributed by atoms with Crippen molar-refractivity contribution in [2.45, 2.75) is 24.9 Å². The van der Waals surface area contributed by atoms with Gasteiger partial charge in [-0.25, -0.2) is 0 Å². The van der Waals surface area contributed by atoms with E-state index in [1.54, 1.807) is 7.11 Å². The molecule has 112 valence electrons. The first-order valence-electron chi connectivity index (χ1n) is 7.45. The molecule has 1 aliphatic rings. The van der Waals surface area contributed by atoms with Crippen molar-refractivity contribution in [2.24, 2.45) is 0 Å². The zero-order valence-electron chi connectivity index (χ0n) is 12.9. The highest BCUT2D eigenvalue weighted by Gasteiger charge is 2.17. The van der Waals surface area contributed by atoms with E-state index in [0.29, 0.717) is 12.1 Å². The van der Waals surface area contributed by atoms with Gasteiger partial charge in [-0.3, -0.25) is 0 Å². The van der Waals surface area contributed by atoms with Crippen molar-refractivity contribution in [3.05, 3.63) is 29.8 Å². The van der Waals surface area contributed by atoms with Gasteiger partial charge in [0.2, 0.25) is 0 Å². The summed E-state index contributed by atoms with van der Waals surface area (Å²) < 4.78 is 5.32. The Kier molecular flexibility index (Phi) is 5.83. The Morgan fingerprint density at radius 3 is 2.95 bits per heavy atom. The van der Waals surface area contributed by atoms with Crippen molar-refractivity contribution in [2.75, 3.05) is 40.8 Å². The van der Waals surface area contributed by atoms with E-state index in [1.165, 1.54) is 24.9 Å². The van der Waals surface area contributed by atoms with Crippen molar-refractivity contribution < 1.29 is 4.74 Å². The van der Waals surface area contributed by atoms with Gasteiger partial charge in [0.05, 0.1) is 7.11 Å². The molecule has 0 saturated carbocycles. The van der Waals surface area contributed by atoms with Gasteiger partial charge < -0.3 is 20.3 Å². The van der Waals surface area contributed by atoms with Crippen molar-refractivity contribution in [3.63, 3.8) is 0 Å². The number of nitrogens with zero attached hydrogens (tertiary/aromatic N) is 1. The van der Waals surface area contributed by atoms with E-state index in [2.05, 4.69) is 47.8 Å². The summed E-state index contributed by atoms with van der Waals surface area (Å²) in [7, 11) is 5.97. The van der Waals surface area contributed by atoms with E-state index >= 15 is 0 Å². The van der Waals surface area contributed by atoms with Crippen LogP contribution in [0.15, 0.2) is 24.3 Å². The Morgan fingerprint density at radius 1 is 1.45 bits per heavy atom. The van der Waals surface area contributed by atoms with E-state index in [1.807, 2.05) is 6.07 Å². The molecule has 4 nitrogen and oxygen atoms in total. The highest BCUT2D eigenvalue weighted by Crippen LogP contribution is 2.22. The normalized spacial score (nSPS) is 20.3. The number of ether oxygens (including phenoxy) is 1. The summed E-state index contributed by atoms with van der Waals surface area (Å²) in [5, 5.41) is 7.12. The molecule has 20 heavy (non-hydrogen) atoms. The first kappa shape index (κ1) is 15.3. The lowest BCUT2D eigenvalue weighted by atomic mass is 10.1. The van der Waals surface area contributed by atoms with Gasteiger partial charge in [-0.05, 0) is 51.2 Å². The average Bonchev–Trinajstić information content (AvgIpc) is 2.96. The van der Waals surface area contributed by atoms with Crippen LogP contribution in [-0.2, 0) is 0 Å². The van der Waals surface area contributed by atoms with Crippen LogP contribution in [0.5, 0.6) is 5.75 Å². The fourth-order valence-corrected chi connectivity index (χ4v) is 2.77. The molecule has 0 radical (unpaired) electrons. The fraction of sp³-hybridized carbons (Fsp3) is 0.625. The smallest absolute Gasteiger partial charge is 0.119 e. The number of methoxy groups -OCH3 is 1. The molecule has 1 aliphatic heterocycles. The van der Waals surface area contributed by atoms with Crippen LogP contribution in [0.1, 0.15) is 24.4 Å². The lowest BCUT2D eigenvalue weighted by Gasteiger charge is -2.26. The molecular weight excluding hydrogens is 250 g/mol. The van der Waals surface area contributed by atoms with Crippen LogP contribution in [0.25, 0.3) is 0 Å². The molecule has 0 amide bonds. The molecule has 0 aliphatic carbocycles. The third-order valence-electron chi connectivity index (χ3n) is 3.99. The minimum Gasteiger partial charge on any atom is -0.497 e. The van der Waals surface area contributed by atoms with Gasteiger partial charge in [0, 0.05) is 25.2 Å². The predicted molar refractivity (Wildman–Crippen MR) is 83.3 cm³/mol. The lowest BCUT2D eigenvalue weighted by molar-refractivity contribution is 0.285. The Hall–Kier alpha value is -1.10. The van der Waals surface area contributed by atoms with Crippen LogP contribution in [0.2, 0.25) is 0 Å². The standard InChI is InChI=1S/C16H27N3O/c1-19(2)16(12-17-11-14-7-5-9-18-14)13-6-4-8-15(10-13)20-3/h4,6,8,10,14,16-18H,5,7,9,11-12H2,1-3H3. The average molecular weight is 277 g/mol. The minimum atomic E-state index is 0.367. The van der Waals surface area contributed by atoms with E-state index in [9.17, 15) is 0 Å². The largest absolute Gasteiger partial charge is 0.497 e. The summed E-state index contributed by atoms with van der Waals surface area (Å²) in [5.41, 5.74) is 1.29. The van der Waals surface area contributed by atoms with Gasteiger partial charge in [-0.1, -0.05) is 12.1 Å². The molecule has 2 N–H and O–H groups in total. The van der Waals surface area contributed by atoms with Gasteiger partial charge in [0.25, 0.3) is 0 Å². The molecule has 0 spiro atoms. The maximum Gasteiger partial charge on any atom is 0.119 e. The first-order valence-corrected chi connectivity index (χ1v) is 7.45. The maximum absolute atomic E-state index is 5.32. The SMILES string of the molecule is COc1cccc(C(CNCC2CCCN2)N(C)C)c1. The molecule has 1 saturated heterocycles. The highest BCUT2D eigenvalue weighted by atomic mass is 16.5. The third kappa shape index (κ3) is 4.20. The molecule has 0 bridgehead atoms. The Balaban J connectivity index is 1.91. The van der Waals surface area contributed by atoms with E-state index in [4.69, 9.17) is 4.74 Å². The number of rotatable bonds is 7. The van der Waals surface area contributed by atoms with Crippen LogP contribution in [-0.4, -0.2) is 51.8 Å². The fourth-order valence-electron chi connectivity index (χ4n) is 2.77. The van der Waals surface area contributed by atoms with Crippen molar-refractivity contribution >= 4 is 0 Å². The summed E-state index contributed by atoms with van der Waals surface area (Å²) in [6.07, 6.45) is 2.60. The van der Waals surface area contributed by atoms with Crippen molar-refractivity contribution in [1.82, 2.24) is 15.5 Å². The summed E-state index contributed by atoms with van der Waals surface area (Å²) in [4.78, 5) is 2.25. The highest BCUT2D eigenvalue weighted by molar-refractivity contribution is 5.30. The zero-order valence-corrected chi connectivity index (χ0v) is 12.9. The van der Waals surface area contributed by atoms with Crippen LogP contribution in [0.4, 0.5) is 0 Å². The maximum atomic E-state index is 5.32. The second-order valence-electron chi connectivity index (χ2n) is 5.71. The molecule has 4 heteroatoms. The Bertz CT molecular complexity index is 402. The van der Waals surface area contributed by atoms with Crippen LogP contribution >= 0.6 is 0 Å². The van der Waals surface area contributed by atoms with E-state index in [0.717, 1.165) is 18.8 Å². The molecule has 2 unspecified atom stereocenters. The third-order valence-corrected chi connectivity index (χ3v) is 3.99. The van der Waals surface area contributed by atoms with Crippen molar-refractivity contribution in [3.8, 4) is 5.75 Å². The number of benzene rings is 1. The predicted octanol–water partition coefficient (Wildman–Crippen LogP) is 1.64. The Morgan fingerprint density at radius 2 is 2.30 bits per heavy atom. The number of nitrogens with one attached hydrogen (secondary N) is 2. The molecule has 1 aromatic rings. The second kappa shape index (κ2) is 7.62. The minimum absolute atomic E-state index is 0.367. The van der Waals surface area contributed by atoms with Gasteiger partial charge >= 0.3 is 0 Å². The van der Waals surface area contributed by atoms with E-state index < -0.39 is 0 Å². The first-order chi connectivity index (χ1) is 9.70. The monoisotopic (exact) mass is 277 g/mol. The molecule has 2 rings (SSSR count). The molecule has 2 atom stereocenters. The van der Waals surface area contributed by atoms with Gasteiger partial charge in [0.1, 0.15) is 5.75 Å². The second-order valence-corrected chi connectivity index (χ2v) is 5.71. The van der Waals surface area contributed by atoms with Gasteiger partial charge in [-0.15, -0.1) is 0 Å². The van der Waals surface area contributed by atoms with Gasteiger partial charge in [0.15, 0.2) is 0 Å². The lowest BCUT2D eigenvalue weighted by Crippen LogP contribution is -2.38.